The fraction of sp³-hybridized carbons (Fsp3) is 0.280. The zero-order valence-electron chi connectivity index (χ0n) is 18.3. The van der Waals surface area contributed by atoms with Gasteiger partial charge in [-0.3, -0.25) is 14.5 Å². The summed E-state index contributed by atoms with van der Waals surface area (Å²) in [4.78, 5) is 27.5. The van der Waals surface area contributed by atoms with Crippen molar-refractivity contribution in [1.82, 2.24) is 10.2 Å². The molecule has 7 heteroatoms. The Morgan fingerprint density at radius 2 is 1.94 bits per heavy atom. The number of methoxy groups -OCH3 is 1. The van der Waals surface area contributed by atoms with Crippen molar-refractivity contribution in [3.63, 3.8) is 0 Å². The van der Waals surface area contributed by atoms with Gasteiger partial charge in [0, 0.05) is 19.6 Å². The second kappa shape index (κ2) is 9.97. The summed E-state index contributed by atoms with van der Waals surface area (Å²) >= 11 is 1.63. The summed E-state index contributed by atoms with van der Waals surface area (Å²) in [5.41, 5.74) is 5.28. The normalized spacial score (nSPS) is 14.3. The van der Waals surface area contributed by atoms with Crippen LogP contribution in [-0.4, -0.2) is 36.9 Å². The molecule has 2 N–H and O–H groups in total. The molecule has 1 atom stereocenters. The van der Waals surface area contributed by atoms with Gasteiger partial charge in [0.15, 0.2) is 0 Å². The summed E-state index contributed by atoms with van der Waals surface area (Å²) in [5, 5.41) is 9.65. The second-order valence-electron chi connectivity index (χ2n) is 7.93. The summed E-state index contributed by atoms with van der Waals surface area (Å²) in [6.45, 7) is 3.99. The van der Waals surface area contributed by atoms with Crippen molar-refractivity contribution >= 4 is 28.8 Å². The van der Waals surface area contributed by atoms with Gasteiger partial charge in [-0.2, -0.15) is 11.3 Å². The molecule has 4 rings (SSSR count). The molecule has 1 aliphatic rings. The molecule has 166 valence electrons. The van der Waals surface area contributed by atoms with E-state index < -0.39 is 11.8 Å². The third kappa shape index (κ3) is 5.00. The fourth-order valence-corrected chi connectivity index (χ4v) is 4.78. The lowest BCUT2D eigenvalue weighted by Gasteiger charge is -2.35. The SMILES string of the molecule is COc1ccc(C)cc1NC(=O)C(=O)NC[C@H](c1ccsc1)N1CCc2ccccc2C1. The van der Waals surface area contributed by atoms with E-state index in [9.17, 15) is 9.59 Å². The quantitative estimate of drug-likeness (QED) is 0.560. The highest BCUT2D eigenvalue weighted by Crippen LogP contribution is 2.29. The van der Waals surface area contributed by atoms with E-state index in [1.807, 2.05) is 18.4 Å². The Morgan fingerprint density at radius 1 is 1.12 bits per heavy atom. The maximum atomic E-state index is 12.6. The van der Waals surface area contributed by atoms with Crippen molar-refractivity contribution in [3.8, 4) is 5.75 Å². The summed E-state index contributed by atoms with van der Waals surface area (Å²) in [5.74, 6) is -0.854. The van der Waals surface area contributed by atoms with Crippen molar-refractivity contribution in [2.75, 3.05) is 25.5 Å². The number of rotatable bonds is 6. The number of hydrogen-bond donors (Lipinski definition) is 2. The van der Waals surface area contributed by atoms with Crippen LogP contribution in [-0.2, 0) is 22.6 Å². The number of carbonyl (C=O) groups is 2. The number of carbonyl (C=O) groups excluding carboxylic acids is 2. The average molecular weight is 450 g/mol. The Morgan fingerprint density at radius 3 is 2.69 bits per heavy atom. The van der Waals surface area contributed by atoms with Gasteiger partial charge in [-0.25, -0.2) is 0 Å². The van der Waals surface area contributed by atoms with Gasteiger partial charge in [-0.1, -0.05) is 30.3 Å². The van der Waals surface area contributed by atoms with E-state index in [1.165, 1.54) is 18.2 Å². The van der Waals surface area contributed by atoms with Crippen LogP contribution in [0, 0.1) is 6.92 Å². The third-order valence-electron chi connectivity index (χ3n) is 5.79. The summed E-state index contributed by atoms with van der Waals surface area (Å²) in [6.07, 6.45) is 0.971. The van der Waals surface area contributed by atoms with Crippen LogP contribution >= 0.6 is 11.3 Å². The third-order valence-corrected chi connectivity index (χ3v) is 6.50. The molecular weight excluding hydrogens is 422 g/mol. The van der Waals surface area contributed by atoms with E-state index in [4.69, 9.17) is 4.74 Å². The van der Waals surface area contributed by atoms with Crippen molar-refractivity contribution in [1.29, 1.82) is 0 Å². The topological polar surface area (TPSA) is 70.7 Å². The Kier molecular flexibility index (Phi) is 6.87. The van der Waals surface area contributed by atoms with Crippen molar-refractivity contribution in [2.24, 2.45) is 0 Å². The number of anilines is 1. The fourth-order valence-electron chi connectivity index (χ4n) is 4.07. The van der Waals surface area contributed by atoms with Gasteiger partial charge < -0.3 is 15.4 Å². The number of ether oxygens (including phenoxy) is 1. The standard InChI is InChI=1S/C25H27N3O3S/c1-17-7-8-23(31-2)21(13-17)27-25(30)24(29)26-14-22(20-10-12-32-16-20)28-11-9-18-5-3-4-6-19(18)15-28/h3-8,10,12-13,16,22H,9,11,14-15H2,1-2H3,(H,26,29)(H,27,30)/t22-/m1/s1. The molecule has 1 aliphatic heterocycles. The number of amides is 2. The van der Waals surface area contributed by atoms with Crippen LogP contribution in [0.2, 0.25) is 0 Å². The monoisotopic (exact) mass is 449 g/mol. The van der Waals surface area contributed by atoms with Gasteiger partial charge >= 0.3 is 11.8 Å². The molecule has 0 aliphatic carbocycles. The molecule has 3 aromatic rings. The largest absolute Gasteiger partial charge is 0.495 e. The summed E-state index contributed by atoms with van der Waals surface area (Å²) < 4.78 is 5.28. The summed E-state index contributed by atoms with van der Waals surface area (Å²) in [6, 6.07) is 16.0. The average Bonchev–Trinajstić information content (AvgIpc) is 3.33. The van der Waals surface area contributed by atoms with E-state index in [0.29, 0.717) is 18.0 Å². The first-order chi connectivity index (χ1) is 15.5. The number of aryl methyl sites for hydroxylation is 1. The van der Waals surface area contributed by atoms with Gasteiger partial charge in [-0.15, -0.1) is 0 Å². The van der Waals surface area contributed by atoms with E-state index in [-0.39, 0.29) is 6.04 Å². The van der Waals surface area contributed by atoms with Crippen LogP contribution in [0.1, 0.15) is 28.3 Å². The minimum absolute atomic E-state index is 0.000128. The predicted molar refractivity (Wildman–Crippen MR) is 127 cm³/mol. The second-order valence-corrected chi connectivity index (χ2v) is 8.71. The number of hydrogen-bond acceptors (Lipinski definition) is 5. The Balaban J connectivity index is 1.43. The lowest BCUT2D eigenvalue weighted by molar-refractivity contribution is -0.136. The van der Waals surface area contributed by atoms with Crippen LogP contribution < -0.4 is 15.4 Å². The Hall–Kier alpha value is -3.16. The Bertz CT molecular complexity index is 1100. The highest BCUT2D eigenvalue weighted by atomic mass is 32.1. The first-order valence-corrected chi connectivity index (χ1v) is 11.6. The minimum atomic E-state index is -0.707. The van der Waals surface area contributed by atoms with Crippen molar-refractivity contribution < 1.29 is 14.3 Å². The number of nitrogens with one attached hydrogen (secondary N) is 2. The molecule has 32 heavy (non-hydrogen) atoms. The van der Waals surface area contributed by atoms with Gasteiger partial charge in [-0.05, 0) is 64.6 Å². The van der Waals surface area contributed by atoms with Crippen LogP contribution in [0.3, 0.4) is 0 Å². The summed E-state index contributed by atoms with van der Waals surface area (Å²) in [7, 11) is 1.53. The van der Waals surface area contributed by atoms with Crippen LogP contribution in [0.4, 0.5) is 5.69 Å². The molecule has 0 unspecified atom stereocenters. The molecular formula is C25H27N3O3S. The molecule has 2 heterocycles. The number of benzene rings is 2. The molecule has 0 spiro atoms. The van der Waals surface area contributed by atoms with Gasteiger partial charge in [0.1, 0.15) is 5.75 Å². The van der Waals surface area contributed by atoms with E-state index >= 15 is 0 Å². The van der Waals surface area contributed by atoms with Crippen LogP contribution in [0.5, 0.6) is 5.75 Å². The number of fused-ring (bicyclic) bond motifs is 1. The zero-order valence-corrected chi connectivity index (χ0v) is 19.1. The lowest BCUT2D eigenvalue weighted by Crippen LogP contribution is -2.43. The number of thiophene rings is 1. The van der Waals surface area contributed by atoms with Crippen molar-refractivity contribution in [3.05, 3.63) is 81.5 Å². The molecule has 0 radical (unpaired) electrons. The van der Waals surface area contributed by atoms with E-state index in [2.05, 4.69) is 51.2 Å². The molecule has 0 saturated carbocycles. The predicted octanol–water partition coefficient (Wildman–Crippen LogP) is 3.92. The smallest absolute Gasteiger partial charge is 0.313 e. The minimum Gasteiger partial charge on any atom is -0.495 e. The first-order valence-electron chi connectivity index (χ1n) is 10.6. The molecule has 6 nitrogen and oxygen atoms in total. The molecule has 1 aromatic heterocycles. The van der Waals surface area contributed by atoms with Crippen LogP contribution in [0.15, 0.2) is 59.3 Å². The van der Waals surface area contributed by atoms with Crippen molar-refractivity contribution in [2.45, 2.75) is 25.9 Å². The van der Waals surface area contributed by atoms with Crippen LogP contribution in [0.25, 0.3) is 0 Å². The highest BCUT2D eigenvalue weighted by Gasteiger charge is 2.26. The number of nitrogens with zero attached hydrogens (tertiary/aromatic N) is 1. The zero-order chi connectivity index (χ0) is 22.5. The molecule has 2 amide bonds. The van der Waals surface area contributed by atoms with Gasteiger partial charge in [0.05, 0.1) is 18.8 Å². The Labute approximate surface area is 192 Å². The first kappa shape index (κ1) is 22.0. The van der Waals surface area contributed by atoms with Gasteiger partial charge in [0.2, 0.25) is 0 Å². The van der Waals surface area contributed by atoms with Gasteiger partial charge in [0.25, 0.3) is 0 Å². The van der Waals surface area contributed by atoms with E-state index in [1.54, 1.807) is 23.5 Å². The highest BCUT2D eigenvalue weighted by molar-refractivity contribution is 7.08. The molecule has 0 saturated heterocycles. The van der Waals surface area contributed by atoms with E-state index in [0.717, 1.165) is 30.6 Å². The molecule has 2 aromatic carbocycles. The lowest BCUT2D eigenvalue weighted by atomic mass is 9.97. The maximum Gasteiger partial charge on any atom is 0.313 e. The maximum absolute atomic E-state index is 12.6. The molecule has 0 bridgehead atoms. The molecule has 0 fully saturated rings.